The van der Waals surface area contributed by atoms with Gasteiger partial charge < -0.3 is 4.90 Å². The molecular weight excluding hydrogens is 442 g/mol. The van der Waals surface area contributed by atoms with Crippen molar-refractivity contribution in [3.8, 4) is 11.1 Å². The van der Waals surface area contributed by atoms with Gasteiger partial charge in [-0.1, -0.05) is 98.8 Å². The van der Waals surface area contributed by atoms with Gasteiger partial charge in [-0.15, -0.1) is 11.3 Å². The Morgan fingerprint density at radius 2 is 1.17 bits per heavy atom. The van der Waals surface area contributed by atoms with E-state index in [1.54, 1.807) is 0 Å². The van der Waals surface area contributed by atoms with Crippen LogP contribution < -0.4 is 4.90 Å². The Labute approximate surface area is 209 Å². The summed E-state index contributed by atoms with van der Waals surface area (Å²) in [4.78, 5) is 2.38. The van der Waals surface area contributed by atoms with Crippen LogP contribution in [0.15, 0.2) is 115 Å². The predicted molar refractivity (Wildman–Crippen MR) is 152 cm³/mol. The molecule has 2 heteroatoms. The summed E-state index contributed by atoms with van der Waals surface area (Å²) < 4.78 is 2.72. The number of nitrogens with zero attached hydrogens (tertiary/aromatic N) is 1. The van der Waals surface area contributed by atoms with Crippen LogP contribution in [-0.2, 0) is 5.41 Å². The van der Waals surface area contributed by atoms with Gasteiger partial charge in [-0.05, 0) is 47.0 Å². The smallest absolute Gasteiger partial charge is 0.0640 e. The Bertz CT molecular complexity index is 1670. The summed E-state index contributed by atoms with van der Waals surface area (Å²) in [5.74, 6) is 0. The molecule has 0 saturated carbocycles. The van der Waals surface area contributed by atoms with Crippen LogP contribution >= 0.6 is 11.3 Å². The highest BCUT2D eigenvalue weighted by Gasteiger charge is 2.36. The first-order valence-corrected chi connectivity index (χ1v) is 12.9. The van der Waals surface area contributed by atoms with Gasteiger partial charge in [0.2, 0.25) is 0 Å². The highest BCUT2D eigenvalue weighted by Crippen LogP contribution is 2.54. The van der Waals surface area contributed by atoms with E-state index in [2.05, 4.69) is 134 Å². The Balaban J connectivity index is 1.55. The van der Waals surface area contributed by atoms with Crippen LogP contribution in [0.25, 0.3) is 31.3 Å². The summed E-state index contributed by atoms with van der Waals surface area (Å²) >= 11 is 1.93. The first kappa shape index (κ1) is 20.5. The van der Waals surface area contributed by atoms with Gasteiger partial charge in [0.15, 0.2) is 0 Å². The summed E-state index contributed by atoms with van der Waals surface area (Å²) in [7, 11) is 0. The lowest BCUT2D eigenvalue weighted by atomic mass is 9.82. The van der Waals surface area contributed by atoms with Crippen molar-refractivity contribution in [2.75, 3.05) is 4.90 Å². The minimum Gasteiger partial charge on any atom is -0.309 e. The monoisotopic (exact) mass is 467 g/mol. The number of para-hydroxylation sites is 2. The van der Waals surface area contributed by atoms with Crippen LogP contribution in [0.1, 0.15) is 25.0 Å². The van der Waals surface area contributed by atoms with Gasteiger partial charge in [0.05, 0.1) is 10.4 Å². The van der Waals surface area contributed by atoms with Crippen molar-refractivity contribution in [3.63, 3.8) is 0 Å². The molecule has 0 fully saturated rings. The van der Waals surface area contributed by atoms with Gasteiger partial charge in [-0.2, -0.15) is 0 Å². The number of benzene rings is 5. The van der Waals surface area contributed by atoms with Crippen molar-refractivity contribution in [1.29, 1.82) is 0 Å². The third-order valence-electron chi connectivity index (χ3n) is 7.46. The van der Waals surface area contributed by atoms with Crippen molar-refractivity contribution in [2.24, 2.45) is 0 Å². The highest BCUT2D eigenvalue weighted by molar-refractivity contribution is 7.27. The summed E-state index contributed by atoms with van der Waals surface area (Å²) in [6.07, 6.45) is 0. The summed E-state index contributed by atoms with van der Waals surface area (Å²) in [5.41, 5.74) is 9.23. The second-order valence-electron chi connectivity index (χ2n) is 9.80. The van der Waals surface area contributed by atoms with Crippen LogP contribution in [-0.4, -0.2) is 0 Å². The third-order valence-corrected chi connectivity index (χ3v) is 8.72. The highest BCUT2D eigenvalue weighted by atomic mass is 32.1. The molecule has 5 aromatic carbocycles. The maximum absolute atomic E-state index is 2.38. The maximum Gasteiger partial charge on any atom is 0.0640 e. The van der Waals surface area contributed by atoms with Crippen molar-refractivity contribution in [1.82, 2.24) is 0 Å². The molecule has 1 aliphatic rings. The zero-order valence-corrected chi connectivity index (χ0v) is 20.6. The van der Waals surface area contributed by atoms with E-state index in [1.807, 2.05) is 11.3 Å². The van der Waals surface area contributed by atoms with Gasteiger partial charge in [-0.25, -0.2) is 0 Å². The summed E-state index contributed by atoms with van der Waals surface area (Å²) in [6.45, 7) is 4.71. The molecule has 7 rings (SSSR count). The zero-order chi connectivity index (χ0) is 23.6. The Kier molecular flexibility index (Phi) is 4.43. The van der Waals surface area contributed by atoms with Gasteiger partial charge in [0, 0.05) is 37.8 Å². The van der Waals surface area contributed by atoms with Crippen molar-refractivity contribution in [3.05, 3.63) is 126 Å². The molecule has 0 unspecified atom stereocenters. The molecule has 1 aliphatic carbocycles. The van der Waals surface area contributed by atoms with Crippen molar-refractivity contribution in [2.45, 2.75) is 19.3 Å². The largest absolute Gasteiger partial charge is 0.309 e. The molecule has 0 aliphatic heterocycles. The second-order valence-corrected chi connectivity index (χ2v) is 10.8. The van der Waals surface area contributed by atoms with E-state index in [0.717, 1.165) is 0 Å². The number of fused-ring (bicyclic) bond motifs is 7. The minimum atomic E-state index is 0.0131. The average molecular weight is 468 g/mol. The standard InChI is InChI=1S/C33H25NS/c1-33(2)27-18-10-9-16-26(27)30-28(33)21-20-25-24-17-11-19-29(31(24)35-32(25)30)34(22-12-5-3-6-13-22)23-14-7-4-8-15-23/h3-21H,1-2H3. The summed E-state index contributed by atoms with van der Waals surface area (Å²) in [5, 5.41) is 2.67. The van der Waals surface area contributed by atoms with E-state index >= 15 is 0 Å². The average Bonchev–Trinajstić information content (AvgIpc) is 3.39. The van der Waals surface area contributed by atoms with Crippen LogP contribution in [0.4, 0.5) is 17.1 Å². The van der Waals surface area contributed by atoms with E-state index in [9.17, 15) is 0 Å². The quantitative estimate of drug-likeness (QED) is 0.250. The molecule has 6 aromatic rings. The van der Waals surface area contributed by atoms with Crippen LogP contribution in [0.2, 0.25) is 0 Å². The van der Waals surface area contributed by atoms with Crippen LogP contribution in [0.3, 0.4) is 0 Å². The van der Waals surface area contributed by atoms with E-state index in [1.165, 1.54) is 59.5 Å². The fourth-order valence-electron chi connectivity index (χ4n) is 5.78. The van der Waals surface area contributed by atoms with E-state index in [-0.39, 0.29) is 5.41 Å². The second kappa shape index (κ2) is 7.56. The SMILES string of the molecule is CC1(C)c2ccccc2-c2c1ccc1c2sc2c(N(c3ccccc3)c3ccccc3)cccc21. The molecule has 0 atom stereocenters. The Hall–Kier alpha value is -3.88. The molecular formula is C33H25NS. The maximum atomic E-state index is 2.38. The molecule has 0 saturated heterocycles. The molecule has 35 heavy (non-hydrogen) atoms. The molecule has 1 aromatic heterocycles. The van der Waals surface area contributed by atoms with Gasteiger partial charge in [0.25, 0.3) is 0 Å². The molecule has 168 valence electrons. The summed E-state index contributed by atoms with van der Waals surface area (Å²) in [6, 6.07) is 41.8. The topological polar surface area (TPSA) is 3.24 Å². The van der Waals surface area contributed by atoms with E-state index < -0.39 is 0 Å². The number of anilines is 3. The third kappa shape index (κ3) is 2.93. The van der Waals surface area contributed by atoms with Gasteiger partial charge in [-0.3, -0.25) is 0 Å². The van der Waals surface area contributed by atoms with Gasteiger partial charge >= 0.3 is 0 Å². The number of thiophene rings is 1. The minimum absolute atomic E-state index is 0.0131. The Morgan fingerprint density at radius 3 is 1.89 bits per heavy atom. The lowest BCUT2D eigenvalue weighted by molar-refractivity contribution is 0.661. The molecule has 1 nitrogen and oxygen atoms in total. The molecule has 0 amide bonds. The van der Waals surface area contributed by atoms with Crippen molar-refractivity contribution >= 4 is 48.6 Å². The van der Waals surface area contributed by atoms with Crippen molar-refractivity contribution < 1.29 is 0 Å². The number of rotatable bonds is 3. The molecule has 0 spiro atoms. The predicted octanol–water partition coefficient (Wildman–Crippen LogP) is 9.83. The molecule has 0 N–H and O–H groups in total. The first-order chi connectivity index (χ1) is 17.1. The molecule has 0 bridgehead atoms. The van der Waals surface area contributed by atoms with Crippen LogP contribution in [0.5, 0.6) is 0 Å². The van der Waals surface area contributed by atoms with Crippen LogP contribution in [0, 0.1) is 0 Å². The van der Waals surface area contributed by atoms with E-state index in [4.69, 9.17) is 0 Å². The Morgan fingerprint density at radius 1 is 0.543 bits per heavy atom. The van der Waals surface area contributed by atoms with E-state index in [0.29, 0.717) is 0 Å². The zero-order valence-electron chi connectivity index (χ0n) is 19.8. The lowest BCUT2D eigenvalue weighted by Crippen LogP contribution is -2.14. The fourth-order valence-corrected chi connectivity index (χ4v) is 7.15. The number of hydrogen-bond acceptors (Lipinski definition) is 2. The number of hydrogen-bond donors (Lipinski definition) is 0. The van der Waals surface area contributed by atoms with Gasteiger partial charge in [0.1, 0.15) is 0 Å². The normalized spacial score (nSPS) is 13.7. The lowest BCUT2D eigenvalue weighted by Gasteiger charge is -2.25. The fraction of sp³-hybridized carbons (Fsp3) is 0.0909. The molecule has 0 radical (unpaired) electrons. The molecule has 1 heterocycles. The first-order valence-electron chi connectivity index (χ1n) is 12.1.